The number of benzene rings is 2. The van der Waals surface area contributed by atoms with Gasteiger partial charge in [-0.05, 0) is 43.2 Å². The maximum atomic E-state index is 12.8. The Balaban J connectivity index is 1.53. The highest BCUT2D eigenvalue weighted by Gasteiger charge is 2.21. The lowest BCUT2D eigenvalue weighted by molar-refractivity contribution is -0.119. The summed E-state index contributed by atoms with van der Waals surface area (Å²) in [6, 6.07) is 12.9. The zero-order valence-corrected chi connectivity index (χ0v) is 18.2. The van der Waals surface area contributed by atoms with E-state index < -0.39 is 0 Å². The predicted octanol–water partition coefficient (Wildman–Crippen LogP) is 4.60. The number of carbonyl (C=O) groups excluding carboxylic acids is 2. The third-order valence-corrected chi connectivity index (χ3v) is 5.98. The first kappa shape index (κ1) is 20.9. The van der Waals surface area contributed by atoms with Crippen LogP contribution in [0, 0.1) is 0 Å². The van der Waals surface area contributed by atoms with Gasteiger partial charge in [0, 0.05) is 29.7 Å². The van der Waals surface area contributed by atoms with E-state index in [-0.39, 0.29) is 11.8 Å². The number of para-hydroxylation sites is 1. The summed E-state index contributed by atoms with van der Waals surface area (Å²) in [4.78, 5) is 31.2. The van der Waals surface area contributed by atoms with E-state index in [0.717, 1.165) is 24.1 Å². The molecule has 1 saturated heterocycles. The molecule has 0 spiro atoms. The molecule has 0 aliphatic carbocycles. The van der Waals surface area contributed by atoms with Crippen LogP contribution in [-0.2, 0) is 4.79 Å². The highest BCUT2D eigenvalue weighted by atomic mass is 32.1. The van der Waals surface area contributed by atoms with E-state index in [1.165, 1.54) is 11.3 Å². The third-order valence-electron chi connectivity index (χ3n) is 5.11. The van der Waals surface area contributed by atoms with E-state index in [1.807, 2.05) is 36.4 Å². The molecule has 7 nitrogen and oxygen atoms in total. The maximum Gasteiger partial charge on any atom is 0.275 e. The van der Waals surface area contributed by atoms with Crippen molar-refractivity contribution in [2.24, 2.45) is 0 Å². The van der Waals surface area contributed by atoms with Gasteiger partial charge in [0.05, 0.1) is 19.8 Å². The number of carbonyl (C=O) groups is 2. The molecule has 1 aliphatic rings. The van der Waals surface area contributed by atoms with Gasteiger partial charge in [0.15, 0.2) is 11.5 Å². The summed E-state index contributed by atoms with van der Waals surface area (Å²) in [5.74, 6) is 0.980. The standard InChI is InChI=1S/C23H23N3O4S/c1-29-19-10-6-9-17(21(19)30-2)23-25-18(14-31-23)22(28)24-15-7-5-8-16(13-15)26-12-4-3-11-20(26)27/h5-10,13-14H,3-4,11-12H2,1-2H3,(H,24,28). The van der Waals surface area contributed by atoms with E-state index in [1.54, 1.807) is 30.6 Å². The molecule has 31 heavy (non-hydrogen) atoms. The summed E-state index contributed by atoms with van der Waals surface area (Å²) in [5, 5.41) is 5.25. The third kappa shape index (κ3) is 4.39. The van der Waals surface area contributed by atoms with Crippen LogP contribution in [0.15, 0.2) is 47.8 Å². The summed E-state index contributed by atoms with van der Waals surface area (Å²) in [6.07, 6.45) is 2.47. The van der Waals surface area contributed by atoms with Crippen molar-refractivity contribution in [1.82, 2.24) is 4.98 Å². The molecule has 1 N–H and O–H groups in total. The monoisotopic (exact) mass is 437 g/mol. The topological polar surface area (TPSA) is 80.8 Å². The number of anilines is 2. The van der Waals surface area contributed by atoms with Crippen molar-refractivity contribution >= 4 is 34.5 Å². The molecule has 3 aromatic rings. The van der Waals surface area contributed by atoms with Crippen LogP contribution in [0.4, 0.5) is 11.4 Å². The fourth-order valence-electron chi connectivity index (χ4n) is 3.58. The van der Waals surface area contributed by atoms with E-state index in [0.29, 0.717) is 40.9 Å². The van der Waals surface area contributed by atoms with Gasteiger partial charge in [-0.15, -0.1) is 11.3 Å². The molecule has 1 aromatic heterocycles. The number of aromatic nitrogens is 1. The van der Waals surface area contributed by atoms with Crippen LogP contribution in [0.25, 0.3) is 10.6 Å². The Kier molecular flexibility index (Phi) is 6.18. The van der Waals surface area contributed by atoms with Crippen molar-refractivity contribution in [3.8, 4) is 22.1 Å². The molecule has 1 fully saturated rings. The second-order valence-corrected chi connectivity index (χ2v) is 7.94. The smallest absolute Gasteiger partial charge is 0.275 e. The van der Waals surface area contributed by atoms with Crippen LogP contribution in [0.5, 0.6) is 11.5 Å². The van der Waals surface area contributed by atoms with Crippen LogP contribution in [0.1, 0.15) is 29.8 Å². The summed E-state index contributed by atoms with van der Waals surface area (Å²) >= 11 is 1.36. The summed E-state index contributed by atoms with van der Waals surface area (Å²) in [6.45, 7) is 0.702. The molecule has 2 aromatic carbocycles. The fourth-order valence-corrected chi connectivity index (χ4v) is 4.40. The Morgan fingerprint density at radius 2 is 1.97 bits per heavy atom. The van der Waals surface area contributed by atoms with E-state index >= 15 is 0 Å². The summed E-state index contributed by atoms with van der Waals surface area (Å²) in [5.41, 5.74) is 2.48. The number of methoxy groups -OCH3 is 2. The van der Waals surface area contributed by atoms with Crippen molar-refractivity contribution in [3.63, 3.8) is 0 Å². The average Bonchev–Trinajstić information content (AvgIpc) is 3.29. The maximum absolute atomic E-state index is 12.8. The molecular weight excluding hydrogens is 414 g/mol. The van der Waals surface area contributed by atoms with E-state index in [9.17, 15) is 9.59 Å². The van der Waals surface area contributed by atoms with Crippen LogP contribution >= 0.6 is 11.3 Å². The summed E-state index contributed by atoms with van der Waals surface area (Å²) < 4.78 is 10.8. The van der Waals surface area contributed by atoms with Crippen molar-refractivity contribution in [2.75, 3.05) is 31.0 Å². The quantitative estimate of drug-likeness (QED) is 0.610. The van der Waals surface area contributed by atoms with Crippen LogP contribution in [0.3, 0.4) is 0 Å². The zero-order chi connectivity index (χ0) is 21.8. The Labute approximate surface area is 184 Å². The molecule has 2 amide bonds. The lowest BCUT2D eigenvalue weighted by atomic mass is 10.1. The largest absolute Gasteiger partial charge is 0.493 e. The molecule has 0 saturated carbocycles. The van der Waals surface area contributed by atoms with Crippen molar-refractivity contribution in [1.29, 1.82) is 0 Å². The zero-order valence-electron chi connectivity index (χ0n) is 17.4. The number of hydrogen-bond donors (Lipinski definition) is 1. The van der Waals surface area contributed by atoms with Gasteiger partial charge >= 0.3 is 0 Å². The molecule has 160 valence electrons. The van der Waals surface area contributed by atoms with Crippen molar-refractivity contribution in [3.05, 3.63) is 53.5 Å². The fraction of sp³-hybridized carbons (Fsp3) is 0.261. The molecule has 0 bridgehead atoms. The lowest BCUT2D eigenvalue weighted by Gasteiger charge is -2.27. The van der Waals surface area contributed by atoms with Gasteiger partial charge in [0.25, 0.3) is 5.91 Å². The molecule has 0 atom stereocenters. The molecular formula is C23H23N3O4S. The van der Waals surface area contributed by atoms with Gasteiger partial charge < -0.3 is 19.7 Å². The van der Waals surface area contributed by atoms with Crippen molar-refractivity contribution < 1.29 is 19.1 Å². The number of nitrogens with one attached hydrogen (secondary N) is 1. The minimum atomic E-state index is -0.313. The number of ether oxygens (including phenoxy) is 2. The number of rotatable bonds is 6. The Bertz CT molecular complexity index is 1110. The normalized spacial score (nSPS) is 13.7. The number of amides is 2. The number of thiazole rings is 1. The Morgan fingerprint density at radius 3 is 2.74 bits per heavy atom. The minimum absolute atomic E-state index is 0.117. The predicted molar refractivity (Wildman–Crippen MR) is 121 cm³/mol. The van der Waals surface area contributed by atoms with Crippen molar-refractivity contribution in [2.45, 2.75) is 19.3 Å². The van der Waals surface area contributed by atoms with Gasteiger partial charge in [-0.25, -0.2) is 4.98 Å². The molecule has 1 aliphatic heterocycles. The average molecular weight is 438 g/mol. The van der Waals surface area contributed by atoms with Gasteiger partial charge in [-0.1, -0.05) is 12.1 Å². The van der Waals surface area contributed by atoms with Crippen LogP contribution < -0.4 is 19.7 Å². The SMILES string of the molecule is COc1cccc(-c2nc(C(=O)Nc3cccc(N4CCCCC4=O)c3)cs2)c1OC. The molecule has 8 heteroatoms. The number of piperidine rings is 1. The highest BCUT2D eigenvalue weighted by molar-refractivity contribution is 7.13. The van der Waals surface area contributed by atoms with Gasteiger partial charge in [0.1, 0.15) is 10.7 Å². The second kappa shape index (κ2) is 9.18. The lowest BCUT2D eigenvalue weighted by Crippen LogP contribution is -2.35. The van der Waals surface area contributed by atoms with Gasteiger partial charge in [0.2, 0.25) is 5.91 Å². The number of nitrogens with zero attached hydrogens (tertiary/aromatic N) is 2. The first-order chi connectivity index (χ1) is 15.1. The van der Waals surface area contributed by atoms with Gasteiger partial charge in [-0.2, -0.15) is 0 Å². The Hall–Kier alpha value is -3.39. The second-order valence-electron chi connectivity index (χ2n) is 7.09. The Morgan fingerprint density at radius 1 is 1.13 bits per heavy atom. The van der Waals surface area contributed by atoms with Crippen LogP contribution in [-0.4, -0.2) is 37.6 Å². The van der Waals surface area contributed by atoms with Gasteiger partial charge in [-0.3, -0.25) is 9.59 Å². The number of hydrogen-bond acceptors (Lipinski definition) is 6. The molecule has 4 rings (SSSR count). The molecule has 0 unspecified atom stereocenters. The first-order valence-corrected chi connectivity index (χ1v) is 10.9. The first-order valence-electron chi connectivity index (χ1n) is 9.99. The minimum Gasteiger partial charge on any atom is -0.493 e. The van der Waals surface area contributed by atoms with E-state index in [2.05, 4.69) is 10.3 Å². The van der Waals surface area contributed by atoms with Crippen LogP contribution in [0.2, 0.25) is 0 Å². The highest BCUT2D eigenvalue weighted by Crippen LogP contribution is 2.39. The molecule has 2 heterocycles. The van der Waals surface area contributed by atoms with E-state index in [4.69, 9.17) is 9.47 Å². The molecule has 0 radical (unpaired) electrons. The summed E-state index contributed by atoms with van der Waals surface area (Å²) in [7, 11) is 3.15.